The molecule has 26 heavy (non-hydrogen) atoms. The largest absolute Gasteiger partial charge is 0.366 e. The fraction of sp³-hybridized carbons (Fsp3) is 0.389. The molecule has 0 radical (unpaired) electrons. The number of thiophene rings is 1. The Labute approximate surface area is 154 Å². The van der Waals surface area contributed by atoms with Crippen molar-refractivity contribution in [3.8, 4) is 0 Å². The van der Waals surface area contributed by atoms with Crippen LogP contribution >= 0.6 is 11.3 Å². The van der Waals surface area contributed by atoms with Crippen molar-refractivity contribution >= 4 is 28.6 Å². The number of amides is 1. The smallest absolute Gasteiger partial charge is 0.327 e. The second-order valence-electron chi connectivity index (χ2n) is 6.25. The van der Waals surface area contributed by atoms with Crippen LogP contribution in [-0.4, -0.2) is 30.5 Å². The zero-order valence-corrected chi connectivity index (χ0v) is 15.0. The van der Waals surface area contributed by atoms with Gasteiger partial charge in [-0.1, -0.05) is 12.1 Å². The fourth-order valence-electron chi connectivity index (χ4n) is 3.23. The van der Waals surface area contributed by atoms with Gasteiger partial charge in [0.2, 0.25) is 11.7 Å². The highest BCUT2D eigenvalue weighted by Gasteiger charge is 2.29. The first-order valence-corrected chi connectivity index (χ1v) is 9.42. The summed E-state index contributed by atoms with van der Waals surface area (Å²) in [4.78, 5) is 25.8. The van der Waals surface area contributed by atoms with Gasteiger partial charge in [-0.25, -0.2) is 0 Å². The van der Waals surface area contributed by atoms with Crippen LogP contribution in [0.25, 0.3) is 0 Å². The number of halogens is 1. The molecule has 0 saturated carbocycles. The minimum absolute atomic E-state index is 0.0231. The molecule has 138 valence electrons. The third-order valence-electron chi connectivity index (χ3n) is 4.61. The van der Waals surface area contributed by atoms with E-state index in [1.54, 1.807) is 22.3 Å². The second-order valence-corrected chi connectivity index (χ2v) is 7.28. The van der Waals surface area contributed by atoms with Crippen LogP contribution in [-0.2, 0) is 11.2 Å². The number of nitro benzene ring substituents is 1. The third kappa shape index (κ3) is 4.19. The third-order valence-corrected chi connectivity index (χ3v) is 5.54. The van der Waals surface area contributed by atoms with Crippen molar-refractivity contribution < 1.29 is 14.1 Å². The van der Waals surface area contributed by atoms with Crippen LogP contribution in [0.1, 0.15) is 17.7 Å². The molecular formula is C18H20FN3O3S. The van der Waals surface area contributed by atoms with Crippen LogP contribution in [0.15, 0.2) is 35.7 Å². The van der Waals surface area contributed by atoms with Crippen LogP contribution in [0.4, 0.5) is 15.8 Å². The maximum absolute atomic E-state index is 13.8. The number of nitrogens with zero attached hydrogens (tertiary/aromatic N) is 2. The van der Waals surface area contributed by atoms with E-state index in [9.17, 15) is 19.3 Å². The van der Waals surface area contributed by atoms with Crippen LogP contribution in [0.5, 0.6) is 0 Å². The summed E-state index contributed by atoms with van der Waals surface area (Å²) in [5.41, 5.74) is -0.210. The van der Waals surface area contributed by atoms with Gasteiger partial charge >= 0.3 is 5.69 Å². The molecule has 1 aromatic carbocycles. The molecule has 2 aromatic rings. The molecule has 0 spiro atoms. The summed E-state index contributed by atoms with van der Waals surface area (Å²) in [7, 11) is 0. The number of rotatable bonds is 6. The summed E-state index contributed by atoms with van der Waals surface area (Å²) in [6.45, 7) is 1.59. The Kier molecular flexibility index (Phi) is 5.82. The number of nitrogens with one attached hydrogen (secondary N) is 1. The van der Waals surface area contributed by atoms with Crippen molar-refractivity contribution in [3.05, 3.63) is 56.5 Å². The van der Waals surface area contributed by atoms with Gasteiger partial charge in [-0.2, -0.15) is 4.39 Å². The van der Waals surface area contributed by atoms with E-state index in [0.29, 0.717) is 32.5 Å². The van der Waals surface area contributed by atoms with Crippen molar-refractivity contribution in [1.82, 2.24) is 5.32 Å². The minimum Gasteiger partial charge on any atom is -0.366 e. The second kappa shape index (κ2) is 8.27. The summed E-state index contributed by atoms with van der Waals surface area (Å²) in [6.07, 6.45) is 2.01. The molecule has 0 bridgehead atoms. The fourth-order valence-corrected chi connectivity index (χ4v) is 3.94. The molecule has 1 saturated heterocycles. The summed E-state index contributed by atoms with van der Waals surface area (Å²) in [5, 5.41) is 16.1. The van der Waals surface area contributed by atoms with Crippen molar-refractivity contribution in [2.45, 2.75) is 19.3 Å². The highest BCUT2D eigenvalue weighted by Crippen LogP contribution is 2.33. The van der Waals surface area contributed by atoms with Gasteiger partial charge in [0.25, 0.3) is 0 Å². The van der Waals surface area contributed by atoms with Crippen LogP contribution in [0.3, 0.4) is 0 Å². The van der Waals surface area contributed by atoms with E-state index in [1.165, 1.54) is 10.9 Å². The van der Waals surface area contributed by atoms with Gasteiger partial charge < -0.3 is 10.2 Å². The molecule has 0 atom stereocenters. The Morgan fingerprint density at radius 3 is 2.73 bits per heavy atom. The lowest BCUT2D eigenvalue weighted by molar-refractivity contribution is -0.386. The van der Waals surface area contributed by atoms with E-state index in [-0.39, 0.29) is 17.5 Å². The van der Waals surface area contributed by atoms with Crippen molar-refractivity contribution in [2.75, 3.05) is 24.5 Å². The molecule has 0 unspecified atom stereocenters. The Balaban J connectivity index is 1.53. The quantitative estimate of drug-likeness (QED) is 0.619. The molecule has 1 aliphatic rings. The van der Waals surface area contributed by atoms with Gasteiger partial charge in [-0.05, 0) is 42.8 Å². The van der Waals surface area contributed by atoms with E-state index < -0.39 is 16.4 Å². The Hall–Kier alpha value is -2.48. The lowest BCUT2D eigenvalue weighted by atomic mass is 9.95. The summed E-state index contributed by atoms with van der Waals surface area (Å²) < 4.78 is 13.8. The number of hydrogen-bond donors (Lipinski definition) is 1. The Morgan fingerprint density at radius 1 is 1.31 bits per heavy atom. The summed E-state index contributed by atoms with van der Waals surface area (Å²) in [6, 6.07) is 8.16. The Bertz CT molecular complexity index is 774. The van der Waals surface area contributed by atoms with E-state index in [1.807, 2.05) is 17.5 Å². The standard InChI is InChI=1S/C18H20FN3O3S/c19-15-4-1-5-16(17(15)22(24)25)21-10-7-13(8-11-21)18(23)20-9-6-14-3-2-12-26-14/h1-5,12-13H,6-11H2,(H,20,23). The first-order chi connectivity index (χ1) is 12.6. The number of carbonyl (C=O) groups excluding carboxylic acids is 1. The van der Waals surface area contributed by atoms with Gasteiger partial charge in [-0.15, -0.1) is 11.3 Å². The first kappa shape index (κ1) is 18.3. The van der Waals surface area contributed by atoms with Gasteiger partial charge in [0, 0.05) is 30.4 Å². The van der Waals surface area contributed by atoms with Gasteiger partial charge in [-0.3, -0.25) is 14.9 Å². The van der Waals surface area contributed by atoms with E-state index >= 15 is 0 Å². The first-order valence-electron chi connectivity index (χ1n) is 8.54. The molecule has 2 heterocycles. The number of anilines is 1. The Morgan fingerprint density at radius 2 is 2.08 bits per heavy atom. The van der Waals surface area contributed by atoms with Crippen LogP contribution in [0.2, 0.25) is 0 Å². The summed E-state index contributed by atoms with van der Waals surface area (Å²) in [5.74, 6) is -0.918. The topological polar surface area (TPSA) is 75.5 Å². The number of nitro groups is 1. The lowest BCUT2D eigenvalue weighted by Crippen LogP contribution is -2.41. The number of hydrogen-bond acceptors (Lipinski definition) is 5. The van der Waals surface area contributed by atoms with Crippen molar-refractivity contribution in [1.29, 1.82) is 0 Å². The highest BCUT2D eigenvalue weighted by molar-refractivity contribution is 7.09. The molecule has 1 fully saturated rings. The molecule has 1 N–H and O–H groups in total. The summed E-state index contributed by atoms with van der Waals surface area (Å²) >= 11 is 1.67. The van der Waals surface area contributed by atoms with Gasteiger partial charge in [0.1, 0.15) is 5.69 Å². The van der Waals surface area contributed by atoms with E-state index in [4.69, 9.17) is 0 Å². The SMILES string of the molecule is O=C(NCCc1cccs1)C1CCN(c2cccc(F)c2[N+](=O)[O-])CC1. The average molecular weight is 377 g/mol. The normalized spacial score (nSPS) is 15.0. The minimum atomic E-state index is -0.832. The molecule has 1 amide bonds. The number of piperidine rings is 1. The number of para-hydroxylation sites is 1. The van der Waals surface area contributed by atoms with E-state index in [2.05, 4.69) is 5.32 Å². The van der Waals surface area contributed by atoms with Gasteiger partial charge in [0.05, 0.1) is 4.92 Å². The van der Waals surface area contributed by atoms with Crippen molar-refractivity contribution in [2.24, 2.45) is 5.92 Å². The average Bonchev–Trinajstić information content (AvgIpc) is 3.14. The van der Waals surface area contributed by atoms with E-state index in [0.717, 1.165) is 12.5 Å². The van der Waals surface area contributed by atoms with Crippen LogP contribution in [0, 0.1) is 21.8 Å². The number of carbonyl (C=O) groups is 1. The highest BCUT2D eigenvalue weighted by atomic mass is 32.1. The molecule has 1 aromatic heterocycles. The lowest BCUT2D eigenvalue weighted by Gasteiger charge is -2.32. The zero-order valence-electron chi connectivity index (χ0n) is 14.2. The molecule has 8 heteroatoms. The predicted octanol–water partition coefficient (Wildman–Crippen LogP) is 3.37. The van der Waals surface area contributed by atoms with Crippen molar-refractivity contribution in [3.63, 3.8) is 0 Å². The van der Waals surface area contributed by atoms with Crippen LogP contribution < -0.4 is 10.2 Å². The molecule has 0 aliphatic carbocycles. The van der Waals surface area contributed by atoms with Gasteiger partial charge in [0.15, 0.2) is 0 Å². The predicted molar refractivity (Wildman–Crippen MR) is 99.0 cm³/mol. The molecule has 6 nitrogen and oxygen atoms in total. The maximum Gasteiger partial charge on any atom is 0.327 e. The molecular weight excluding hydrogens is 357 g/mol. The molecule has 1 aliphatic heterocycles. The number of benzene rings is 1. The maximum atomic E-state index is 13.8. The molecule has 3 rings (SSSR count). The monoisotopic (exact) mass is 377 g/mol. The zero-order chi connectivity index (χ0) is 18.5.